The Kier molecular flexibility index (Phi) is 5.73. The van der Waals surface area contributed by atoms with E-state index in [-0.39, 0.29) is 0 Å². The van der Waals surface area contributed by atoms with Crippen molar-refractivity contribution in [2.75, 3.05) is 0 Å². The highest BCUT2D eigenvalue weighted by Crippen LogP contribution is 2.40. The van der Waals surface area contributed by atoms with Gasteiger partial charge in [-0.1, -0.05) is 78.9 Å². The summed E-state index contributed by atoms with van der Waals surface area (Å²) < 4.78 is 2.35. The molecule has 7 rings (SSSR count). The number of para-hydroxylation sites is 1. The fourth-order valence-corrected chi connectivity index (χ4v) is 5.78. The lowest BCUT2D eigenvalue weighted by molar-refractivity contribution is 1.18. The van der Waals surface area contributed by atoms with E-state index in [2.05, 4.69) is 107 Å². The highest BCUT2D eigenvalue weighted by Gasteiger charge is 2.19. The van der Waals surface area contributed by atoms with Crippen molar-refractivity contribution in [2.45, 2.75) is 6.92 Å². The van der Waals surface area contributed by atoms with E-state index in [9.17, 15) is 5.26 Å². The van der Waals surface area contributed by atoms with Gasteiger partial charge in [0.1, 0.15) is 0 Å². The molecule has 7 aromatic rings. The first-order chi connectivity index (χ1) is 19.7. The number of hydrogen-bond donors (Lipinski definition) is 0. The standard InChI is InChI=1S/C37H25N3/c1-25-9-5-6-12-30(25)28-15-16-36-34(21-28)31-13-7-8-14-35(31)40(36)37-23-32(27-17-19-39-20-18-27)29(24-38)22-33(37)26-10-3-2-4-11-26/h2-23H,1H3. The van der Waals surface area contributed by atoms with E-state index in [0.717, 1.165) is 39.0 Å². The summed E-state index contributed by atoms with van der Waals surface area (Å²) in [6.45, 7) is 2.16. The Labute approximate surface area is 233 Å². The lowest BCUT2D eigenvalue weighted by Gasteiger charge is -2.17. The Bertz CT molecular complexity index is 2060. The minimum absolute atomic E-state index is 0.636. The van der Waals surface area contributed by atoms with E-state index in [1.807, 2.05) is 36.4 Å². The number of aromatic nitrogens is 2. The molecular weight excluding hydrogens is 486 g/mol. The summed E-state index contributed by atoms with van der Waals surface area (Å²) in [4.78, 5) is 4.20. The molecular formula is C37H25N3. The maximum atomic E-state index is 10.2. The summed E-state index contributed by atoms with van der Waals surface area (Å²) in [5.41, 5.74) is 11.6. The van der Waals surface area contributed by atoms with E-state index in [1.165, 1.54) is 27.5 Å². The minimum atomic E-state index is 0.636. The van der Waals surface area contributed by atoms with Crippen LogP contribution in [0.1, 0.15) is 11.1 Å². The van der Waals surface area contributed by atoms with E-state index < -0.39 is 0 Å². The van der Waals surface area contributed by atoms with Gasteiger partial charge in [-0.25, -0.2) is 0 Å². The molecule has 0 bridgehead atoms. The Morgan fingerprint density at radius 1 is 0.575 bits per heavy atom. The molecule has 40 heavy (non-hydrogen) atoms. The van der Waals surface area contributed by atoms with Crippen LogP contribution in [-0.2, 0) is 0 Å². The third-order valence-electron chi connectivity index (χ3n) is 7.70. The molecule has 5 aromatic carbocycles. The lowest BCUT2D eigenvalue weighted by atomic mass is 9.94. The first-order valence-electron chi connectivity index (χ1n) is 13.4. The number of pyridine rings is 1. The second kappa shape index (κ2) is 9.69. The van der Waals surface area contributed by atoms with Crippen LogP contribution in [0.3, 0.4) is 0 Å². The SMILES string of the molecule is Cc1ccccc1-c1ccc2c(c1)c1ccccc1n2-c1cc(-c2ccncc2)c(C#N)cc1-c1ccccc1. The molecule has 0 aliphatic rings. The summed E-state index contributed by atoms with van der Waals surface area (Å²) in [6, 6.07) is 44.8. The average molecular weight is 512 g/mol. The van der Waals surface area contributed by atoms with Gasteiger partial charge in [0.15, 0.2) is 0 Å². The van der Waals surface area contributed by atoms with Crippen LogP contribution in [0.15, 0.2) is 134 Å². The van der Waals surface area contributed by atoms with Crippen molar-refractivity contribution >= 4 is 21.8 Å². The molecule has 0 atom stereocenters. The molecule has 0 N–H and O–H groups in total. The number of rotatable bonds is 4. The molecule has 2 heterocycles. The number of nitriles is 1. The van der Waals surface area contributed by atoms with Gasteiger partial charge >= 0.3 is 0 Å². The molecule has 0 saturated carbocycles. The summed E-state index contributed by atoms with van der Waals surface area (Å²) >= 11 is 0. The van der Waals surface area contributed by atoms with Crippen LogP contribution in [0.5, 0.6) is 0 Å². The van der Waals surface area contributed by atoms with Crippen molar-refractivity contribution in [1.29, 1.82) is 5.26 Å². The van der Waals surface area contributed by atoms with Crippen LogP contribution in [0, 0.1) is 18.3 Å². The minimum Gasteiger partial charge on any atom is -0.309 e. The molecule has 3 nitrogen and oxygen atoms in total. The van der Waals surface area contributed by atoms with Crippen LogP contribution in [0.4, 0.5) is 0 Å². The van der Waals surface area contributed by atoms with Gasteiger partial charge in [-0.15, -0.1) is 0 Å². The number of hydrogen-bond acceptors (Lipinski definition) is 2. The number of benzene rings is 5. The first-order valence-corrected chi connectivity index (χ1v) is 13.4. The van der Waals surface area contributed by atoms with Gasteiger partial charge in [0, 0.05) is 34.3 Å². The topological polar surface area (TPSA) is 41.6 Å². The smallest absolute Gasteiger partial charge is 0.0998 e. The fraction of sp³-hybridized carbons (Fsp3) is 0.0270. The van der Waals surface area contributed by atoms with Crippen molar-refractivity contribution in [2.24, 2.45) is 0 Å². The monoisotopic (exact) mass is 511 g/mol. The van der Waals surface area contributed by atoms with Gasteiger partial charge in [0.2, 0.25) is 0 Å². The van der Waals surface area contributed by atoms with Crippen molar-refractivity contribution < 1.29 is 0 Å². The zero-order chi connectivity index (χ0) is 27.1. The van der Waals surface area contributed by atoms with Crippen LogP contribution in [-0.4, -0.2) is 9.55 Å². The highest BCUT2D eigenvalue weighted by atomic mass is 15.0. The Morgan fingerprint density at radius 2 is 1.27 bits per heavy atom. The Balaban J connectivity index is 1.58. The Hall–Kier alpha value is -5.46. The highest BCUT2D eigenvalue weighted by molar-refractivity contribution is 6.11. The Morgan fingerprint density at radius 3 is 2.08 bits per heavy atom. The van der Waals surface area contributed by atoms with Gasteiger partial charge in [-0.05, 0) is 77.2 Å². The fourth-order valence-electron chi connectivity index (χ4n) is 5.78. The van der Waals surface area contributed by atoms with Gasteiger partial charge in [-0.2, -0.15) is 5.26 Å². The molecule has 0 aliphatic carbocycles. The maximum Gasteiger partial charge on any atom is 0.0998 e. The molecule has 3 heteroatoms. The second-order valence-electron chi connectivity index (χ2n) is 10.0. The molecule has 188 valence electrons. The summed E-state index contributed by atoms with van der Waals surface area (Å²) in [5.74, 6) is 0. The predicted molar refractivity (Wildman–Crippen MR) is 164 cm³/mol. The maximum absolute atomic E-state index is 10.2. The van der Waals surface area contributed by atoms with Crippen LogP contribution in [0.25, 0.3) is 60.9 Å². The third-order valence-corrected chi connectivity index (χ3v) is 7.70. The van der Waals surface area contributed by atoms with Crippen LogP contribution < -0.4 is 0 Å². The van der Waals surface area contributed by atoms with Gasteiger partial charge in [0.05, 0.1) is 28.4 Å². The number of aryl methyl sites for hydroxylation is 1. The van der Waals surface area contributed by atoms with Gasteiger partial charge in [-0.3, -0.25) is 4.98 Å². The summed E-state index contributed by atoms with van der Waals surface area (Å²) in [5, 5.41) is 12.6. The molecule has 0 aliphatic heterocycles. The zero-order valence-corrected chi connectivity index (χ0v) is 22.0. The lowest BCUT2D eigenvalue weighted by Crippen LogP contribution is -2.00. The van der Waals surface area contributed by atoms with E-state index in [1.54, 1.807) is 12.4 Å². The average Bonchev–Trinajstić information content (AvgIpc) is 3.35. The molecule has 0 fully saturated rings. The molecule has 0 saturated heterocycles. The van der Waals surface area contributed by atoms with Crippen LogP contribution >= 0.6 is 0 Å². The van der Waals surface area contributed by atoms with E-state index in [4.69, 9.17) is 0 Å². The molecule has 0 unspecified atom stereocenters. The van der Waals surface area contributed by atoms with Crippen LogP contribution in [0.2, 0.25) is 0 Å². The molecule has 0 radical (unpaired) electrons. The predicted octanol–water partition coefficient (Wildman–Crippen LogP) is 9.36. The quantitative estimate of drug-likeness (QED) is 0.236. The van der Waals surface area contributed by atoms with E-state index in [0.29, 0.717) is 5.56 Å². The van der Waals surface area contributed by atoms with Gasteiger partial charge < -0.3 is 4.57 Å². The zero-order valence-electron chi connectivity index (χ0n) is 22.0. The van der Waals surface area contributed by atoms with Crippen molar-refractivity contribution in [3.05, 3.63) is 145 Å². The summed E-state index contributed by atoms with van der Waals surface area (Å²) in [7, 11) is 0. The molecule has 2 aromatic heterocycles. The van der Waals surface area contributed by atoms with Gasteiger partial charge in [0.25, 0.3) is 0 Å². The number of fused-ring (bicyclic) bond motifs is 3. The normalized spacial score (nSPS) is 11.1. The number of nitrogens with zero attached hydrogens (tertiary/aromatic N) is 3. The van der Waals surface area contributed by atoms with Crippen molar-refractivity contribution in [3.8, 4) is 45.1 Å². The van der Waals surface area contributed by atoms with Crippen molar-refractivity contribution in [3.63, 3.8) is 0 Å². The van der Waals surface area contributed by atoms with Crippen molar-refractivity contribution in [1.82, 2.24) is 9.55 Å². The summed E-state index contributed by atoms with van der Waals surface area (Å²) in [6.07, 6.45) is 3.55. The molecule has 0 spiro atoms. The first kappa shape index (κ1) is 23.6. The van der Waals surface area contributed by atoms with E-state index >= 15 is 0 Å². The third kappa shape index (κ3) is 3.86. The molecule has 0 amide bonds. The second-order valence-corrected chi connectivity index (χ2v) is 10.0. The largest absolute Gasteiger partial charge is 0.309 e.